The number of aromatic nitrogens is 2. The van der Waals surface area contributed by atoms with Crippen LogP contribution in [0, 0.1) is 0 Å². The summed E-state index contributed by atoms with van der Waals surface area (Å²) in [6, 6.07) is 10.1. The van der Waals surface area contributed by atoms with Gasteiger partial charge in [-0.15, -0.1) is 11.3 Å². The molecule has 1 aromatic carbocycles. The van der Waals surface area contributed by atoms with Crippen molar-refractivity contribution in [3.63, 3.8) is 0 Å². The van der Waals surface area contributed by atoms with Crippen molar-refractivity contribution in [2.45, 2.75) is 11.3 Å². The number of nitrogens with one attached hydrogen (secondary N) is 1. The van der Waals surface area contributed by atoms with E-state index < -0.39 is 10.0 Å². The molecule has 3 aromatic rings. The van der Waals surface area contributed by atoms with Gasteiger partial charge in [-0.05, 0) is 36.2 Å². The summed E-state index contributed by atoms with van der Waals surface area (Å²) >= 11 is 1.39. The van der Waals surface area contributed by atoms with Crippen LogP contribution in [0.5, 0.6) is 0 Å². The van der Waals surface area contributed by atoms with E-state index in [-0.39, 0.29) is 10.8 Å². The Kier molecular flexibility index (Phi) is 4.98. The summed E-state index contributed by atoms with van der Waals surface area (Å²) in [5.41, 5.74) is 1.28. The Morgan fingerprint density at radius 3 is 2.52 bits per heavy atom. The van der Waals surface area contributed by atoms with Gasteiger partial charge in [-0.25, -0.2) is 18.5 Å². The minimum atomic E-state index is -3.68. The number of rotatable bonds is 6. The van der Waals surface area contributed by atoms with E-state index in [1.165, 1.54) is 23.5 Å². The molecule has 0 bridgehead atoms. The van der Waals surface area contributed by atoms with Gasteiger partial charge in [0.15, 0.2) is 5.13 Å². The standard InChI is InChI=1S/C16H16N4O3S2/c17-25(22,23)13-5-3-12(4-6-13)7-8-18-15(21)14-11-24-16(19-14)20-9-1-2-10-20/h1-6,9-11H,7-8H2,(H,18,21)(H2,17,22,23). The normalized spacial score (nSPS) is 11.4. The van der Waals surface area contributed by atoms with E-state index in [4.69, 9.17) is 5.14 Å². The average molecular weight is 376 g/mol. The zero-order chi connectivity index (χ0) is 17.9. The number of carbonyl (C=O) groups is 1. The largest absolute Gasteiger partial charge is 0.350 e. The van der Waals surface area contributed by atoms with Crippen LogP contribution in [0.4, 0.5) is 0 Å². The molecular weight excluding hydrogens is 360 g/mol. The van der Waals surface area contributed by atoms with Crippen molar-refractivity contribution >= 4 is 27.3 Å². The second kappa shape index (κ2) is 7.18. The van der Waals surface area contributed by atoms with Crippen molar-refractivity contribution in [3.05, 3.63) is 65.4 Å². The third-order valence-corrected chi connectivity index (χ3v) is 5.28. The summed E-state index contributed by atoms with van der Waals surface area (Å²) < 4.78 is 24.3. The van der Waals surface area contributed by atoms with Gasteiger partial charge in [0.05, 0.1) is 4.90 Å². The van der Waals surface area contributed by atoms with E-state index in [1.807, 2.05) is 29.1 Å². The number of sulfonamides is 1. The van der Waals surface area contributed by atoms with E-state index in [2.05, 4.69) is 10.3 Å². The zero-order valence-corrected chi connectivity index (χ0v) is 14.8. The van der Waals surface area contributed by atoms with E-state index in [0.29, 0.717) is 18.7 Å². The Morgan fingerprint density at radius 2 is 1.88 bits per heavy atom. The van der Waals surface area contributed by atoms with Crippen molar-refractivity contribution in [1.29, 1.82) is 0 Å². The summed E-state index contributed by atoms with van der Waals surface area (Å²) in [6.45, 7) is 0.421. The number of nitrogens with zero attached hydrogens (tertiary/aromatic N) is 2. The van der Waals surface area contributed by atoms with Crippen LogP contribution in [0.3, 0.4) is 0 Å². The smallest absolute Gasteiger partial charge is 0.270 e. The summed E-state index contributed by atoms with van der Waals surface area (Å²) in [6.07, 6.45) is 4.31. The number of carbonyl (C=O) groups excluding carboxylic acids is 1. The molecule has 0 aliphatic carbocycles. The Hall–Kier alpha value is -2.49. The maximum absolute atomic E-state index is 12.1. The quantitative estimate of drug-likeness (QED) is 0.680. The highest BCUT2D eigenvalue weighted by molar-refractivity contribution is 7.89. The van der Waals surface area contributed by atoms with Crippen LogP contribution in [0.15, 0.2) is 59.1 Å². The van der Waals surface area contributed by atoms with Crippen molar-refractivity contribution in [2.75, 3.05) is 6.54 Å². The number of hydrogen-bond donors (Lipinski definition) is 2. The highest BCUT2D eigenvalue weighted by Gasteiger charge is 2.11. The van der Waals surface area contributed by atoms with Gasteiger partial charge in [0.2, 0.25) is 10.0 Å². The number of primary sulfonamides is 1. The molecule has 0 atom stereocenters. The molecule has 1 amide bonds. The highest BCUT2D eigenvalue weighted by atomic mass is 32.2. The first-order valence-electron chi connectivity index (χ1n) is 7.42. The highest BCUT2D eigenvalue weighted by Crippen LogP contribution is 2.15. The van der Waals surface area contributed by atoms with E-state index in [1.54, 1.807) is 17.5 Å². The Labute approximate surface area is 149 Å². The molecule has 0 aliphatic rings. The molecule has 0 aliphatic heterocycles. The van der Waals surface area contributed by atoms with Crippen LogP contribution < -0.4 is 10.5 Å². The molecule has 2 aromatic heterocycles. The maximum Gasteiger partial charge on any atom is 0.270 e. The van der Waals surface area contributed by atoms with Gasteiger partial charge >= 0.3 is 0 Å². The second-order valence-corrected chi connectivity index (χ2v) is 7.70. The van der Waals surface area contributed by atoms with Gasteiger partial charge in [-0.1, -0.05) is 12.1 Å². The number of thiazole rings is 1. The minimum absolute atomic E-state index is 0.0697. The molecular formula is C16H16N4O3S2. The van der Waals surface area contributed by atoms with Gasteiger partial charge in [-0.2, -0.15) is 0 Å². The third kappa shape index (κ3) is 4.32. The summed E-state index contributed by atoms with van der Waals surface area (Å²) in [7, 11) is -3.68. The van der Waals surface area contributed by atoms with Gasteiger partial charge in [0, 0.05) is 24.3 Å². The Balaban J connectivity index is 1.54. The molecule has 0 radical (unpaired) electrons. The molecule has 3 N–H and O–H groups in total. The molecule has 7 nitrogen and oxygen atoms in total. The lowest BCUT2D eigenvalue weighted by Gasteiger charge is -2.05. The van der Waals surface area contributed by atoms with Crippen molar-refractivity contribution in [3.8, 4) is 5.13 Å². The number of hydrogen-bond acceptors (Lipinski definition) is 5. The van der Waals surface area contributed by atoms with E-state index in [9.17, 15) is 13.2 Å². The lowest BCUT2D eigenvalue weighted by molar-refractivity contribution is 0.0950. The molecule has 0 spiro atoms. The second-order valence-electron chi connectivity index (χ2n) is 5.30. The van der Waals surface area contributed by atoms with Crippen molar-refractivity contribution in [1.82, 2.24) is 14.9 Å². The summed E-state index contributed by atoms with van der Waals surface area (Å²) in [5, 5.41) is 10.3. The number of amides is 1. The molecule has 0 fully saturated rings. The van der Waals surface area contributed by atoms with Crippen LogP contribution in [0.1, 0.15) is 16.1 Å². The molecule has 0 saturated carbocycles. The van der Waals surface area contributed by atoms with Crippen molar-refractivity contribution in [2.24, 2.45) is 5.14 Å². The average Bonchev–Trinajstić information content (AvgIpc) is 3.25. The fraction of sp³-hybridized carbons (Fsp3) is 0.125. The maximum atomic E-state index is 12.1. The Morgan fingerprint density at radius 1 is 1.20 bits per heavy atom. The molecule has 25 heavy (non-hydrogen) atoms. The van der Waals surface area contributed by atoms with Gasteiger partial charge in [0.25, 0.3) is 5.91 Å². The monoisotopic (exact) mass is 376 g/mol. The van der Waals surface area contributed by atoms with Crippen LogP contribution in [0.2, 0.25) is 0 Å². The molecule has 2 heterocycles. The number of nitrogens with two attached hydrogens (primary N) is 1. The van der Waals surface area contributed by atoms with Crippen LogP contribution in [0.25, 0.3) is 5.13 Å². The van der Waals surface area contributed by atoms with Gasteiger partial charge in [0.1, 0.15) is 5.69 Å². The minimum Gasteiger partial charge on any atom is -0.350 e. The molecule has 3 rings (SSSR count). The van der Waals surface area contributed by atoms with E-state index >= 15 is 0 Å². The first kappa shape index (κ1) is 17.3. The Bertz CT molecular complexity index is 961. The molecule has 9 heteroatoms. The van der Waals surface area contributed by atoms with E-state index in [0.717, 1.165) is 10.7 Å². The molecule has 0 unspecified atom stereocenters. The lowest BCUT2D eigenvalue weighted by Crippen LogP contribution is -2.26. The first-order valence-corrected chi connectivity index (χ1v) is 9.85. The van der Waals surface area contributed by atoms with Gasteiger partial charge in [-0.3, -0.25) is 4.79 Å². The summed E-state index contributed by atoms with van der Waals surface area (Å²) in [4.78, 5) is 16.5. The summed E-state index contributed by atoms with van der Waals surface area (Å²) in [5.74, 6) is -0.240. The SMILES string of the molecule is NS(=O)(=O)c1ccc(CCNC(=O)c2csc(-n3cccc3)n2)cc1. The zero-order valence-electron chi connectivity index (χ0n) is 13.1. The van der Waals surface area contributed by atoms with Crippen LogP contribution in [-0.2, 0) is 16.4 Å². The predicted molar refractivity (Wildman–Crippen MR) is 95.3 cm³/mol. The topological polar surface area (TPSA) is 107 Å². The lowest BCUT2D eigenvalue weighted by atomic mass is 10.1. The number of benzene rings is 1. The van der Waals surface area contributed by atoms with Crippen LogP contribution >= 0.6 is 11.3 Å². The fourth-order valence-electron chi connectivity index (χ4n) is 2.21. The van der Waals surface area contributed by atoms with Crippen molar-refractivity contribution < 1.29 is 13.2 Å². The fourth-order valence-corrected chi connectivity index (χ4v) is 3.49. The van der Waals surface area contributed by atoms with Gasteiger partial charge < -0.3 is 9.88 Å². The first-order chi connectivity index (χ1) is 11.9. The molecule has 0 saturated heterocycles. The van der Waals surface area contributed by atoms with Crippen LogP contribution in [-0.4, -0.2) is 30.4 Å². The predicted octanol–water partition coefficient (Wildman–Crippen LogP) is 1.55. The third-order valence-electron chi connectivity index (χ3n) is 3.50. The molecule has 130 valence electrons.